The van der Waals surface area contributed by atoms with Crippen LogP contribution in [0.5, 0.6) is 0 Å². The first kappa shape index (κ1) is 56.3. The SMILES string of the molecule is CC/C=C/C/C=C/C/C=C/CCCCCCCCCCCCCCCC(=O)OC(COCCC(C(=O)[O-])[N+](C)(C)C)COC(=O)CCCCCCC/C=C/CCCCC. The Hall–Kier alpha value is -2.71. The molecule has 0 amide bonds. The van der Waals surface area contributed by atoms with Crippen LogP contribution in [0.25, 0.3) is 0 Å². The lowest BCUT2D eigenvalue weighted by molar-refractivity contribution is -0.889. The summed E-state index contributed by atoms with van der Waals surface area (Å²) in [6.45, 7) is 4.53. The van der Waals surface area contributed by atoms with Crippen LogP contribution in [0.15, 0.2) is 48.6 Å². The van der Waals surface area contributed by atoms with E-state index in [9.17, 15) is 19.5 Å². The zero-order valence-electron chi connectivity index (χ0n) is 38.9. The molecule has 2 atom stereocenters. The Morgan fingerprint density at radius 2 is 0.949 bits per heavy atom. The van der Waals surface area contributed by atoms with Gasteiger partial charge in [-0.1, -0.05) is 165 Å². The van der Waals surface area contributed by atoms with Crippen LogP contribution < -0.4 is 5.11 Å². The van der Waals surface area contributed by atoms with Crippen molar-refractivity contribution >= 4 is 17.9 Å². The van der Waals surface area contributed by atoms with Crippen LogP contribution in [0.2, 0.25) is 0 Å². The fourth-order valence-electron chi connectivity index (χ4n) is 6.96. The zero-order chi connectivity index (χ0) is 43.5. The number of carboxylic acids is 1. The number of ether oxygens (including phenoxy) is 3. The molecule has 8 heteroatoms. The van der Waals surface area contributed by atoms with Crippen LogP contribution in [-0.2, 0) is 28.6 Å². The summed E-state index contributed by atoms with van der Waals surface area (Å²) < 4.78 is 17.2. The van der Waals surface area contributed by atoms with Crippen molar-refractivity contribution in [2.45, 2.75) is 219 Å². The first-order valence-corrected chi connectivity index (χ1v) is 24.2. The minimum Gasteiger partial charge on any atom is -0.544 e. The first-order valence-electron chi connectivity index (χ1n) is 24.2. The molecule has 342 valence electrons. The molecule has 0 spiro atoms. The van der Waals surface area contributed by atoms with Gasteiger partial charge in [-0.05, 0) is 70.6 Å². The van der Waals surface area contributed by atoms with Gasteiger partial charge in [0.25, 0.3) is 0 Å². The third kappa shape index (κ3) is 40.5. The summed E-state index contributed by atoms with van der Waals surface area (Å²) >= 11 is 0. The molecule has 0 radical (unpaired) electrons. The van der Waals surface area contributed by atoms with Crippen LogP contribution >= 0.6 is 0 Å². The number of unbranched alkanes of at least 4 members (excludes halogenated alkanes) is 21. The molecule has 0 aromatic heterocycles. The Morgan fingerprint density at radius 1 is 0.525 bits per heavy atom. The number of rotatable bonds is 43. The van der Waals surface area contributed by atoms with Crippen LogP contribution in [0, 0.1) is 0 Å². The van der Waals surface area contributed by atoms with Gasteiger partial charge < -0.3 is 28.6 Å². The van der Waals surface area contributed by atoms with Crippen molar-refractivity contribution in [2.24, 2.45) is 0 Å². The van der Waals surface area contributed by atoms with Crippen molar-refractivity contribution in [3.05, 3.63) is 48.6 Å². The maximum absolute atomic E-state index is 12.8. The number of allylic oxidation sites excluding steroid dienone is 8. The Kier molecular flexibility index (Phi) is 40.1. The van der Waals surface area contributed by atoms with Crippen molar-refractivity contribution in [3.8, 4) is 0 Å². The molecular weight excluding hydrogens is 739 g/mol. The van der Waals surface area contributed by atoms with E-state index in [-0.39, 0.29) is 42.7 Å². The molecule has 0 bridgehead atoms. The van der Waals surface area contributed by atoms with Crippen LogP contribution in [0.3, 0.4) is 0 Å². The van der Waals surface area contributed by atoms with Gasteiger partial charge in [-0.2, -0.15) is 0 Å². The Morgan fingerprint density at radius 3 is 1.42 bits per heavy atom. The topological polar surface area (TPSA) is 102 Å². The summed E-state index contributed by atoms with van der Waals surface area (Å²) in [4.78, 5) is 36.9. The zero-order valence-corrected chi connectivity index (χ0v) is 38.9. The lowest BCUT2D eigenvalue weighted by atomic mass is 10.0. The second-order valence-corrected chi connectivity index (χ2v) is 17.3. The largest absolute Gasteiger partial charge is 0.544 e. The van der Waals surface area contributed by atoms with Crippen LogP contribution in [0.1, 0.15) is 206 Å². The maximum Gasteiger partial charge on any atom is 0.306 e. The Balaban J connectivity index is 4.21. The number of esters is 2. The number of carboxylic acid groups (broad SMARTS) is 1. The molecule has 8 nitrogen and oxygen atoms in total. The van der Waals surface area contributed by atoms with E-state index in [2.05, 4.69) is 62.5 Å². The van der Waals surface area contributed by atoms with Gasteiger partial charge in [0.1, 0.15) is 12.6 Å². The van der Waals surface area contributed by atoms with Gasteiger partial charge >= 0.3 is 11.9 Å². The molecule has 0 saturated carbocycles. The fraction of sp³-hybridized carbons (Fsp3) is 0.784. The number of likely N-dealkylation sites (N-methyl/N-ethyl adjacent to an activating group) is 1. The molecule has 0 aromatic rings. The lowest BCUT2D eigenvalue weighted by Crippen LogP contribution is -2.55. The third-order valence-electron chi connectivity index (χ3n) is 10.7. The van der Waals surface area contributed by atoms with E-state index in [1.165, 1.54) is 103 Å². The van der Waals surface area contributed by atoms with Crippen molar-refractivity contribution in [1.82, 2.24) is 0 Å². The van der Waals surface area contributed by atoms with E-state index in [0.29, 0.717) is 12.8 Å². The summed E-state index contributed by atoms with van der Waals surface area (Å²) in [6.07, 6.45) is 50.0. The smallest absolute Gasteiger partial charge is 0.306 e. The molecule has 0 fully saturated rings. The second kappa shape index (κ2) is 42.0. The van der Waals surface area contributed by atoms with Gasteiger partial charge in [0.05, 0.1) is 40.3 Å². The van der Waals surface area contributed by atoms with Gasteiger partial charge in [0.15, 0.2) is 6.10 Å². The number of hydrogen-bond donors (Lipinski definition) is 0. The molecule has 0 aliphatic rings. The number of hydrogen-bond acceptors (Lipinski definition) is 7. The summed E-state index contributed by atoms with van der Waals surface area (Å²) in [5.74, 6) is -1.74. The third-order valence-corrected chi connectivity index (χ3v) is 10.7. The summed E-state index contributed by atoms with van der Waals surface area (Å²) in [6, 6.07) is -0.727. The molecule has 0 aliphatic carbocycles. The number of carbonyl (C=O) groups excluding carboxylic acids is 3. The highest BCUT2D eigenvalue weighted by molar-refractivity contribution is 5.70. The van der Waals surface area contributed by atoms with Crippen molar-refractivity contribution in [1.29, 1.82) is 0 Å². The Bertz CT molecular complexity index is 1110. The van der Waals surface area contributed by atoms with Gasteiger partial charge in [0, 0.05) is 19.3 Å². The highest BCUT2D eigenvalue weighted by Crippen LogP contribution is 2.15. The van der Waals surface area contributed by atoms with E-state index in [1.54, 1.807) is 21.1 Å². The van der Waals surface area contributed by atoms with Crippen molar-refractivity contribution < 1.29 is 38.2 Å². The summed E-state index contributed by atoms with van der Waals surface area (Å²) in [5.41, 5.74) is 0. The standard InChI is InChI=1S/C51H91NO7/c1-6-8-10-12-14-16-18-20-21-22-23-24-25-26-27-28-29-30-32-34-36-38-40-42-50(54)59-47(45-57-44-43-48(51(55)56)52(3,4)5)46-58-49(53)41-39-37-35-33-31-19-17-15-13-11-9-7-2/h8,10,14-17,20-21,47-48H,6-7,9,11-13,18-19,22-46H2,1-5H3/b10-8+,16-14+,17-15+,21-20+. The van der Waals surface area contributed by atoms with Crippen molar-refractivity contribution in [2.75, 3.05) is 41.0 Å². The molecule has 0 aliphatic heterocycles. The predicted octanol–water partition coefficient (Wildman–Crippen LogP) is 12.3. The number of quaternary nitrogens is 1. The predicted molar refractivity (Wildman–Crippen MR) is 245 cm³/mol. The fourth-order valence-corrected chi connectivity index (χ4v) is 6.96. The van der Waals surface area contributed by atoms with E-state index in [1.807, 2.05) is 0 Å². The van der Waals surface area contributed by atoms with Gasteiger partial charge in [-0.25, -0.2) is 0 Å². The molecular formula is C51H91NO7. The average Bonchev–Trinajstić information content (AvgIpc) is 3.19. The number of aliphatic carboxylic acids is 1. The van der Waals surface area contributed by atoms with Gasteiger partial charge in [-0.3, -0.25) is 9.59 Å². The van der Waals surface area contributed by atoms with Crippen LogP contribution in [-0.4, -0.2) is 75.5 Å². The lowest BCUT2D eigenvalue weighted by Gasteiger charge is -2.34. The monoisotopic (exact) mass is 830 g/mol. The highest BCUT2D eigenvalue weighted by atomic mass is 16.6. The quantitative estimate of drug-likeness (QED) is 0.0261. The van der Waals surface area contributed by atoms with Gasteiger partial charge in [0.2, 0.25) is 0 Å². The molecule has 59 heavy (non-hydrogen) atoms. The Labute approximate surface area is 363 Å². The molecule has 0 N–H and O–H groups in total. The molecule has 2 unspecified atom stereocenters. The van der Waals surface area contributed by atoms with E-state index in [0.717, 1.165) is 70.6 Å². The van der Waals surface area contributed by atoms with E-state index < -0.39 is 18.1 Å². The minimum absolute atomic E-state index is 0.0384. The molecule has 0 saturated heterocycles. The normalized spacial score (nSPS) is 13.3. The molecule has 0 rings (SSSR count). The van der Waals surface area contributed by atoms with E-state index >= 15 is 0 Å². The highest BCUT2D eigenvalue weighted by Gasteiger charge is 2.25. The maximum atomic E-state index is 12.8. The van der Waals surface area contributed by atoms with E-state index in [4.69, 9.17) is 14.2 Å². The average molecular weight is 830 g/mol. The summed E-state index contributed by atoms with van der Waals surface area (Å²) in [7, 11) is 5.41. The summed E-state index contributed by atoms with van der Waals surface area (Å²) in [5, 5.41) is 11.6. The minimum atomic E-state index is -1.13. The molecule has 0 aromatic carbocycles. The second-order valence-electron chi connectivity index (χ2n) is 17.3. The van der Waals surface area contributed by atoms with Gasteiger partial charge in [-0.15, -0.1) is 0 Å². The number of nitrogens with zero attached hydrogens (tertiary/aromatic N) is 1. The number of carbonyl (C=O) groups is 3. The first-order chi connectivity index (χ1) is 28.6. The van der Waals surface area contributed by atoms with Crippen LogP contribution in [0.4, 0.5) is 0 Å². The molecule has 0 heterocycles. The van der Waals surface area contributed by atoms with Crippen molar-refractivity contribution in [3.63, 3.8) is 0 Å².